The van der Waals surface area contributed by atoms with Gasteiger partial charge in [0.1, 0.15) is 4.90 Å². The van der Waals surface area contributed by atoms with Crippen molar-refractivity contribution in [3.05, 3.63) is 23.8 Å². The van der Waals surface area contributed by atoms with E-state index in [0.29, 0.717) is 6.07 Å². The number of sulfonamides is 1. The first-order valence-electron chi connectivity index (χ1n) is 5.68. The van der Waals surface area contributed by atoms with Crippen molar-refractivity contribution in [1.29, 1.82) is 0 Å². The molecule has 0 saturated heterocycles. The molecule has 6 nitrogen and oxygen atoms in total. The number of hydrogen-bond donors (Lipinski definition) is 3. The summed E-state index contributed by atoms with van der Waals surface area (Å²) in [4.78, 5) is -0.881. The zero-order valence-electron chi connectivity index (χ0n) is 10.8. The van der Waals surface area contributed by atoms with Crippen LogP contribution in [0.25, 0.3) is 0 Å². The van der Waals surface area contributed by atoms with Gasteiger partial charge in [0.15, 0.2) is 11.6 Å². The molecule has 0 heterocycles. The fraction of sp³-hybridized carbons (Fsp3) is 0.455. The number of ether oxygens (including phenoxy) is 1. The molecule has 4 N–H and O–H groups in total. The minimum atomic E-state index is -4.32. The molecule has 0 fully saturated rings. The first-order valence-corrected chi connectivity index (χ1v) is 7.16. The Balaban J connectivity index is 3.10. The highest BCUT2D eigenvalue weighted by Crippen LogP contribution is 2.21. The minimum Gasteiger partial charge on any atom is -0.399 e. The van der Waals surface area contributed by atoms with Gasteiger partial charge in [0, 0.05) is 25.4 Å². The van der Waals surface area contributed by atoms with Gasteiger partial charge in [-0.2, -0.15) is 0 Å². The van der Waals surface area contributed by atoms with E-state index in [-0.39, 0.29) is 25.3 Å². The zero-order valence-corrected chi connectivity index (χ0v) is 11.6. The third-order valence-corrected chi connectivity index (χ3v) is 3.99. The average molecular weight is 310 g/mol. The Labute approximate surface area is 115 Å². The molecule has 0 aliphatic rings. The molecule has 0 spiro atoms. The van der Waals surface area contributed by atoms with Crippen LogP contribution >= 0.6 is 0 Å². The van der Waals surface area contributed by atoms with Crippen LogP contribution in [-0.4, -0.2) is 39.9 Å². The molecule has 9 heteroatoms. The molecule has 0 bridgehead atoms. The standard InChI is InChI=1S/C11H16F2N2O4S/c1-19-6-8(2-3-16)15-20(17,18)10-5-7(14)4-9(12)11(10)13/h4-5,8,15-16H,2-3,6,14H2,1H3. The molecule has 0 amide bonds. The van der Waals surface area contributed by atoms with Gasteiger partial charge >= 0.3 is 0 Å². The van der Waals surface area contributed by atoms with Crippen molar-refractivity contribution in [2.24, 2.45) is 0 Å². The summed E-state index contributed by atoms with van der Waals surface area (Å²) in [7, 11) is -2.97. The Morgan fingerprint density at radius 3 is 2.65 bits per heavy atom. The van der Waals surface area contributed by atoms with E-state index in [1.807, 2.05) is 0 Å². The van der Waals surface area contributed by atoms with Gasteiger partial charge in [0.2, 0.25) is 10.0 Å². The summed E-state index contributed by atoms with van der Waals surface area (Å²) < 4.78 is 57.7. The highest BCUT2D eigenvalue weighted by atomic mass is 32.2. The summed E-state index contributed by atoms with van der Waals surface area (Å²) in [6, 6.07) is 0.747. The van der Waals surface area contributed by atoms with E-state index in [0.717, 1.165) is 6.07 Å². The highest BCUT2D eigenvalue weighted by Gasteiger charge is 2.25. The number of nitrogens with one attached hydrogen (secondary N) is 1. The van der Waals surface area contributed by atoms with Crippen LogP contribution in [0.5, 0.6) is 0 Å². The van der Waals surface area contributed by atoms with Gasteiger partial charge in [0.25, 0.3) is 0 Å². The van der Waals surface area contributed by atoms with Crippen LogP contribution in [0.4, 0.5) is 14.5 Å². The van der Waals surface area contributed by atoms with Gasteiger partial charge in [-0.15, -0.1) is 0 Å². The zero-order chi connectivity index (χ0) is 15.3. The van der Waals surface area contributed by atoms with Gasteiger partial charge < -0.3 is 15.6 Å². The lowest BCUT2D eigenvalue weighted by Gasteiger charge is -2.17. The third-order valence-electron chi connectivity index (χ3n) is 2.47. The number of methoxy groups -OCH3 is 1. The first-order chi connectivity index (χ1) is 9.31. The van der Waals surface area contributed by atoms with E-state index in [9.17, 15) is 17.2 Å². The molecular formula is C11H16F2N2O4S. The molecule has 1 aromatic rings. The molecule has 20 heavy (non-hydrogen) atoms. The number of hydrogen-bond acceptors (Lipinski definition) is 5. The van der Waals surface area contributed by atoms with Crippen molar-refractivity contribution >= 4 is 15.7 Å². The summed E-state index contributed by atoms with van der Waals surface area (Å²) in [5, 5.41) is 8.83. The van der Waals surface area contributed by atoms with E-state index in [2.05, 4.69) is 4.72 Å². The van der Waals surface area contributed by atoms with E-state index >= 15 is 0 Å². The second-order valence-corrected chi connectivity index (χ2v) is 5.78. The van der Waals surface area contributed by atoms with Crippen molar-refractivity contribution in [1.82, 2.24) is 4.72 Å². The molecule has 1 unspecified atom stereocenters. The van der Waals surface area contributed by atoms with E-state index in [1.165, 1.54) is 7.11 Å². The SMILES string of the molecule is COCC(CCO)NS(=O)(=O)c1cc(N)cc(F)c1F. The monoisotopic (exact) mass is 310 g/mol. The normalized spacial score (nSPS) is 13.4. The first kappa shape index (κ1) is 16.8. The van der Waals surface area contributed by atoms with Crippen LogP contribution in [0.15, 0.2) is 17.0 Å². The van der Waals surface area contributed by atoms with Crippen LogP contribution in [-0.2, 0) is 14.8 Å². The van der Waals surface area contributed by atoms with Crippen LogP contribution in [0.1, 0.15) is 6.42 Å². The minimum absolute atomic E-state index is 0.0216. The van der Waals surface area contributed by atoms with Gasteiger partial charge in [-0.1, -0.05) is 0 Å². The van der Waals surface area contributed by atoms with Gasteiger partial charge in [-0.25, -0.2) is 21.9 Å². The van der Waals surface area contributed by atoms with Crippen LogP contribution < -0.4 is 10.5 Å². The number of nitrogens with two attached hydrogens (primary N) is 1. The molecular weight excluding hydrogens is 294 g/mol. The Morgan fingerprint density at radius 1 is 1.45 bits per heavy atom. The second-order valence-electron chi connectivity index (χ2n) is 4.10. The van der Waals surface area contributed by atoms with E-state index in [1.54, 1.807) is 0 Å². The molecule has 114 valence electrons. The van der Waals surface area contributed by atoms with Crippen molar-refractivity contribution in [3.8, 4) is 0 Å². The predicted octanol–water partition coefficient (Wildman–Crippen LogP) is 0.223. The summed E-state index contributed by atoms with van der Waals surface area (Å²) in [6.07, 6.45) is 0.0689. The number of benzene rings is 1. The predicted molar refractivity (Wildman–Crippen MR) is 68.5 cm³/mol. The van der Waals surface area contributed by atoms with E-state index < -0.39 is 32.6 Å². The second kappa shape index (κ2) is 6.93. The maximum absolute atomic E-state index is 13.6. The van der Waals surface area contributed by atoms with Gasteiger partial charge in [0.05, 0.1) is 6.61 Å². The van der Waals surface area contributed by atoms with Gasteiger partial charge in [-0.05, 0) is 18.6 Å². The van der Waals surface area contributed by atoms with Crippen molar-refractivity contribution < 1.29 is 27.0 Å². The number of nitrogen functional groups attached to an aromatic ring is 1. The number of rotatable bonds is 7. The molecule has 1 aromatic carbocycles. The Kier molecular flexibility index (Phi) is 5.81. The topological polar surface area (TPSA) is 102 Å². The van der Waals surface area contributed by atoms with Crippen LogP contribution in [0.3, 0.4) is 0 Å². The smallest absolute Gasteiger partial charge is 0.244 e. The summed E-state index contributed by atoms with van der Waals surface area (Å²) in [5.74, 6) is -2.86. The third kappa shape index (κ3) is 4.10. The quantitative estimate of drug-likeness (QED) is 0.626. The molecule has 0 saturated carbocycles. The fourth-order valence-electron chi connectivity index (χ4n) is 1.60. The van der Waals surface area contributed by atoms with Crippen molar-refractivity contribution in [2.45, 2.75) is 17.4 Å². The Morgan fingerprint density at radius 2 is 2.10 bits per heavy atom. The number of halogens is 2. The Hall–Kier alpha value is -1.29. The molecule has 0 aliphatic heterocycles. The maximum atomic E-state index is 13.6. The van der Waals surface area contributed by atoms with E-state index in [4.69, 9.17) is 15.6 Å². The maximum Gasteiger partial charge on any atom is 0.244 e. The molecule has 0 radical (unpaired) electrons. The number of aliphatic hydroxyl groups excluding tert-OH is 1. The molecule has 0 aromatic heterocycles. The van der Waals surface area contributed by atoms with Crippen LogP contribution in [0, 0.1) is 11.6 Å². The number of aliphatic hydroxyl groups is 1. The van der Waals surface area contributed by atoms with Crippen molar-refractivity contribution in [3.63, 3.8) is 0 Å². The Bertz CT molecular complexity index is 560. The lowest BCUT2D eigenvalue weighted by molar-refractivity contribution is 0.158. The molecule has 1 rings (SSSR count). The van der Waals surface area contributed by atoms with Crippen molar-refractivity contribution in [2.75, 3.05) is 26.1 Å². The average Bonchev–Trinajstić information content (AvgIpc) is 2.33. The van der Waals surface area contributed by atoms with Gasteiger partial charge in [-0.3, -0.25) is 0 Å². The molecule has 1 atom stereocenters. The highest BCUT2D eigenvalue weighted by molar-refractivity contribution is 7.89. The molecule has 0 aliphatic carbocycles. The largest absolute Gasteiger partial charge is 0.399 e. The number of anilines is 1. The fourth-order valence-corrected chi connectivity index (χ4v) is 2.97. The van der Waals surface area contributed by atoms with Crippen LogP contribution in [0.2, 0.25) is 0 Å². The lowest BCUT2D eigenvalue weighted by Crippen LogP contribution is -2.39. The summed E-state index contributed by atoms with van der Waals surface area (Å²) >= 11 is 0. The summed E-state index contributed by atoms with van der Waals surface area (Å²) in [6.45, 7) is -0.309. The lowest BCUT2D eigenvalue weighted by atomic mass is 10.2. The summed E-state index contributed by atoms with van der Waals surface area (Å²) in [5.41, 5.74) is 5.10.